The molecule has 0 radical (unpaired) electrons. The van der Waals surface area contributed by atoms with E-state index in [1.807, 2.05) is 24.3 Å². The van der Waals surface area contributed by atoms with E-state index in [9.17, 15) is 0 Å². The van der Waals surface area contributed by atoms with E-state index < -0.39 is 0 Å². The van der Waals surface area contributed by atoms with Crippen molar-refractivity contribution in [3.8, 4) is 17.3 Å². The number of aromatic nitrogens is 1. The largest absolute Gasteiger partial charge is 0.487 e. The Labute approximate surface area is 146 Å². The summed E-state index contributed by atoms with van der Waals surface area (Å²) < 4.78 is 17.0. The Morgan fingerprint density at radius 2 is 2.04 bits per heavy atom. The van der Waals surface area contributed by atoms with Gasteiger partial charge in [-0.3, -0.25) is 0 Å². The SMILES string of the molecule is c1coc(-c2cc(CNC3CC4(CCC4)Oc4ccccc43)no2)c1. The number of hydrogen-bond donors (Lipinski definition) is 1. The van der Waals surface area contributed by atoms with E-state index in [2.05, 4.69) is 28.7 Å². The van der Waals surface area contributed by atoms with Gasteiger partial charge in [-0.2, -0.15) is 0 Å². The molecule has 1 atom stereocenters. The Hall–Kier alpha value is -2.53. The van der Waals surface area contributed by atoms with Crippen molar-refractivity contribution in [2.45, 2.75) is 43.9 Å². The summed E-state index contributed by atoms with van der Waals surface area (Å²) in [6.45, 7) is 0.652. The van der Waals surface area contributed by atoms with Gasteiger partial charge >= 0.3 is 0 Å². The van der Waals surface area contributed by atoms with Crippen molar-refractivity contribution < 1.29 is 13.7 Å². The Bertz CT molecular complexity index is 865. The van der Waals surface area contributed by atoms with Crippen molar-refractivity contribution in [3.05, 3.63) is 60.0 Å². The number of rotatable bonds is 4. The van der Waals surface area contributed by atoms with Gasteiger partial charge in [-0.15, -0.1) is 0 Å². The van der Waals surface area contributed by atoms with Crippen LogP contribution in [0, 0.1) is 0 Å². The highest BCUT2D eigenvalue weighted by atomic mass is 16.5. The molecule has 1 aliphatic heterocycles. The van der Waals surface area contributed by atoms with Crippen molar-refractivity contribution in [1.29, 1.82) is 0 Å². The average molecular weight is 336 g/mol. The molecule has 5 rings (SSSR count). The molecule has 3 aromatic rings. The van der Waals surface area contributed by atoms with Gasteiger partial charge in [-0.05, 0) is 37.5 Å². The quantitative estimate of drug-likeness (QED) is 0.761. The molecule has 0 saturated heterocycles. The Morgan fingerprint density at radius 3 is 2.84 bits per heavy atom. The first-order chi connectivity index (χ1) is 12.3. The molecule has 5 nitrogen and oxygen atoms in total. The number of ether oxygens (including phenoxy) is 1. The van der Waals surface area contributed by atoms with Gasteiger partial charge in [0.15, 0.2) is 5.76 Å². The van der Waals surface area contributed by atoms with Crippen molar-refractivity contribution in [2.75, 3.05) is 0 Å². The fraction of sp³-hybridized carbons (Fsp3) is 0.350. The highest BCUT2D eigenvalue weighted by Crippen LogP contribution is 2.48. The zero-order valence-electron chi connectivity index (χ0n) is 13.9. The smallest absolute Gasteiger partial charge is 0.202 e. The number of para-hydroxylation sites is 1. The lowest BCUT2D eigenvalue weighted by atomic mass is 9.73. The lowest BCUT2D eigenvalue weighted by Crippen LogP contribution is -2.49. The molecule has 128 valence electrons. The number of nitrogens with zero attached hydrogens (tertiary/aromatic N) is 1. The van der Waals surface area contributed by atoms with E-state index in [0.717, 1.165) is 30.7 Å². The molecule has 1 aromatic carbocycles. The molecule has 1 unspecified atom stereocenters. The first-order valence-electron chi connectivity index (χ1n) is 8.82. The monoisotopic (exact) mass is 336 g/mol. The number of benzene rings is 1. The van der Waals surface area contributed by atoms with E-state index in [4.69, 9.17) is 13.7 Å². The van der Waals surface area contributed by atoms with E-state index in [-0.39, 0.29) is 11.6 Å². The van der Waals surface area contributed by atoms with E-state index in [1.165, 1.54) is 12.0 Å². The minimum Gasteiger partial charge on any atom is -0.487 e. The van der Waals surface area contributed by atoms with Gasteiger partial charge in [-0.25, -0.2) is 0 Å². The van der Waals surface area contributed by atoms with Gasteiger partial charge < -0.3 is 19.0 Å². The van der Waals surface area contributed by atoms with Gasteiger partial charge in [-0.1, -0.05) is 23.4 Å². The molecule has 0 amide bonds. The van der Waals surface area contributed by atoms with Crippen LogP contribution in [-0.2, 0) is 6.54 Å². The van der Waals surface area contributed by atoms with Crippen molar-refractivity contribution >= 4 is 0 Å². The van der Waals surface area contributed by atoms with Crippen LogP contribution in [0.15, 0.2) is 57.7 Å². The number of furan rings is 1. The highest BCUT2D eigenvalue weighted by molar-refractivity contribution is 5.49. The summed E-state index contributed by atoms with van der Waals surface area (Å²) >= 11 is 0. The van der Waals surface area contributed by atoms with Crippen LogP contribution in [0.5, 0.6) is 5.75 Å². The topological polar surface area (TPSA) is 60.4 Å². The molecule has 2 aromatic heterocycles. The average Bonchev–Trinajstić information content (AvgIpc) is 3.29. The van der Waals surface area contributed by atoms with Crippen LogP contribution in [0.1, 0.15) is 43.0 Å². The van der Waals surface area contributed by atoms with Gasteiger partial charge in [0.05, 0.1) is 12.0 Å². The van der Waals surface area contributed by atoms with Crippen LogP contribution >= 0.6 is 0 Å². The summed E-state index contributed by atoms with van der Waals surface area (Å²) in [5, 5.41) is 7.80. The summed E-state index contributed by atoms with van der Waals surface area (Å²) in [6, 6.07) is 14.2. The molecular weight excluding hydrogens is 316 g/mol. The van der Waals surface area contributed by atoms with Crippen molar-refractivity contribution in [2.24, 2.45) is 0 Å². The zero-order valence-corrected chi connectivity index (χ0v) is 13.9. The third kappa shape index (κ3) is 2.65. The second kappa shape index (κ2) is 5.77. The normalized spacial score (nSPS) is 20.7. The first kappa shape index (κ1) is 14.8. The lowest BCUT2D eigenvalue weighted by Gasteiger charge is -2.48. The summed E-state index contributed by atoms with van der Waals surface area (Å²) in [4.78, 5) is 0. The minimum absolute atomic E-state index is 0.0230. The van der Waals surface area contributed by atoms with Gasteiger partial charge in [0.25, 0.3) is 0 Å². The second-order valence-electron chi connectivity index (χ2n) is 6.97. The fourth-order valence-corrected chi connectivity index (χ4v) is 3.84. The lowest BCUT2D eigenvalue weighted by molar-refractivity contribution is -0.0371. The fourth-order valence-electron chi connectivity index (χ4n) is 3.84. The molecule has 1 saturated carbocycles. The predicted octanol–water partition coefficient (Wildman–Crippen LogP) is 4.47. The maximum atomic E-state index is 6.30. The molecule has 3 heterocycles. The Morgan fingerprint density at radius 1 is 1.12 bits per heavy atom. The summed E-state index contributed by atoms with van der Waals surface area (Å²) in [6.07, 6.45) is 6.18. The van der Waals surface area contributed by atoms with Crippen LogP contribution in [0.4, 0.5) is 0 Å². The molecule has 1 spiro atoms. The van der Waals surface area contributed by atoms with E-state index in [0.29, 0.717) is 18.1 Å². The molecule has 5 heteroatoms. The summed E-state index contributed by atoms with van der Waals surface area (Å²) in [5.74, 6) is 2.37. The molecule has 1 N–H and O–H groups in total. The van der Waals surface area contributed by atoms with Gasteiger partial charge in [0.2, 0.25) is 5.76 Å². The van der Waals surface area contributed by atoms with Gasteiger partial charge in [0, 0.05) is 30.6 Å². The molecule has 25 heavy (non-hydrogen) atoms. The molecule has 1 aliphatic carbocycles. The molecular formula is C20H20N2O3. The van der Waals surface area contributed by atoms with Crippen molar-refractivity contribution in [3.63, 3.8) is 0 Å². The number of hydrogen-bond acceptors (Lipinski definition) is 5. The maximum absolute atomic E-state index is 6.30. The van der Waals surface area contributed by atoms with E-state index in [1.54, 1.807) is 6.26 Å². The van der Waals surface area contributed by atoms with Gasteiger partial charge in [0.1, 0.15) is 11.4 Å². The number of fused-ring (bicyclic) bond motifs is 1. The third-order valence-corrected chi connectivity index (χ3v) is 5.31. The second-order valence-corrected chi connectivity index (χ2v) is 6.97. The van der Waals surface area contributed by atoms with Crippen LogP contribution in [-0.4, -0.2) is 10.8 Å². The first-order valence-corrected chi connectivity index (χ1v) is 8.82. The van der Waals surface area contributed by atoms with Crippen LogP contribution in [0.2, 0.25) is 0 Å². The predicted molar refractivity (Wildman–Crippen MR) is 92.1 cm³/mol. The van der Waals surface area contributed by atoms with Crippen LogP contribution < -0.4 is 10.1 Å². The highest BCUT2D eigenvalue weighted by Gasteiger charge is 2.45. The zero-order chi connectivity index (χ0) is 16.7. The maximum Gasteiger partial charge on any atom is 0.202 e. The van der Waals surface area contributed by atoms with E-state index >= 15 is 0 Å². The summed E-state index contributed by atoms with van der Waals surface area (Å²) in [5.41, 5.74) is 2.13. The molecule has 1 fully saturated rings. The standard InChI is InChI=1S/C20H20N2O3/c1-2-6-17-15(5-1)16(12-20(24-17)8-4-9-20)21-13-14-11-19(25-22-14)18-7-3-10-23-18/h1-3,5-7,10-11,16,21H,4,8-9,12-13H2. The Kier molecular flexibility index (Phi) is 3.41. The Balaban J connectivity index is 1.33. The molecule has 0 bridgehead atoms. The van der Waals surface area contributed by atoms with Crippen LogP contribution in [0.3, 0.4) is 0 Å². The molecule has 2 aliphatic rings. The van der Waals surface area contributed by atoms with Crippen LogP contribution in [0.25, 0.3) is 11.5 Å². The number of nitrogens with one attached hydrogen (secondary N) is 1. The third-order valence-electron chi connectivity index (χ3n) is 5.31. The minimum atomic E-state index is 0.0230. The van der Waals surface area contributed by atoms with Crippen molar-refractivity contribution in [1.82, 2.24) is 10.5 Å². The summed E-state index contributed by atoms with van der Waals surface area (Å²) in [7, 11) is 0.